The number of carboxylic acid groups (broad SMARTS) is 1. The summed E-state index contributed by atoms with van der Waals surface area (Å²) in [5.41, 5.74) is 4.56. The van der Waals surface area contributed by atoms with Crippen LogP contribution in [0.25, 0.3) is 22.2 Å². The zero-order chi connectivity index (χ0) is 23.8. The quantitative estimate of drug-likeness (QED) is 0.316. The second-order valence-corrected chi connectivity index (χ2v) is 8.48. The lowest BCUT2D eigenvalue weighted by molar-refractivity contribution is -0.136. The van der Waals surface area contributed by atoms with Crippen molar-refractivity contribution >= 4 is 16.9 Å². The molecule has 0 aliphatic heterocycles. The van der Waals surface area contributed by atoms with Gasteiger partial charge in [-0.3, -0.25) is 4.79 Å². The van der Waals surface area contributed by atoms with Gasteiger partial charge in [0.15, 0.2) is 5.58 Å². The number of hydrogen-bond donors (Lipinski definition) is 1. The van der Waals surface area contributed by atoms with Crippen LogP contribution in [0.3, 0.4) is 0 Å². The Bertz CT molecular complexity index is 1160. The average molecular weight is 462 g/mol. The molecule has 4 rings (SSSR count). The maximum atomic E-state index is 10.9. The second-order valence-electron chi connectivity index (χ2n) is 8.48. The molecular weight excluding hydrogens is 430 g/mol. The van der Waals surface area contributed by atoms with Gasteiger partial charge in [-0.15, -0.1) is 0 Å². The van der Waals surface area contributed by atoms with E-state index in [1.165, 1.54) is 0 Å². The highest BCUT2D eigenvalue weighted by Crippen LogP contribution is 2.35. The molecular formula is C28H31NO5. The Kier molecular flexibility index (Phi) is 8.15. The van der Waals surface area contributed by atoms with Crippen molar-refractivity contribution in [3.63, 3.8) is 0 Å². The fourth-order valence-electron chi connectivity index (χ4n) is 4.21. The maximum Gasteiger partial charge on any atom is 0.307 e. The number of aliphatic carboxylic acids is 1. The summed E-state index contributed by atoms with van der Waals surface area (Å²) >= 11 is 0. The summed E-state index contributed by atoms with van der Waals surface area (Å²) in [6, 6.07) is 14.1. The van der Waals surface area contributed by atoms with Crippen molar-refractivity contribution in [2.75, 3.05) is 13.2 Å². The third kappa shape index (κ3) is 5.94. The van der Waals surface area contributed by atoms with Gasteiger partial charge < -0.3 is 19.1 Å². The van der Waals surface area contributed by atoms with Crippen molar-refractivity contribution in [1.82, 2.24) is 5.16 Å². The van der Waals surface area contributed by atoms with Crippen LogP contribution in [0.5, 0.6) is 5.75 Å². The Morgan fingerprint density at radius 3 is 2.76 bits per heavy atom. The van der Waals surface area contributed by atoms with Gasteiger partial charge in [-0.2, -0.15) is 0 Å². The number of nitrogens with zero attached hydrogens (tertiary/aromatic N) is 1. The summed E-state index contributed by atoms with van der Waals surface area (Å²) < 4.78 is 17.8. The second kappa shape index (κ2) is 11.7. The minimum atomic E-state index is -0.823. The number of rotatable bonds is 12. The lowest BCUT2D eigenvalue weighted by Gasteiger charge is -2.17. The van der Waals surface area contributed by atoms with Crippen molar-refractivity contribution in [2.45, 2.75) is 51.6 Å². The predicted molar refractivity (Wildman–Crippen MR) is 132 cm³/mol. The summed E-state index contributed by atoms with van der Waals surface area (Å²) in [4.78, 5) is 10.9. The van der Waals surface area contributed by atoms with Crippen molar-refractivity contribution in [3.8, 4) is 17.0 Å². The van der Waals surface area contributed by atoms with Crippen LogP contribution < -0.4 is 4.74 Å². The highest BCUT2D eigenvalue weighted by Gasteiger charge is 2.17. The van der Waals surface area contributed by atoms with Crippen LogP contribution in [-0.4, -0.2) is 35.6 Å². The molecule has 6 nitrogen and oxygen atoms in total. The molecule has 0 spiro atoms. The molecule has 1 aromatic heterocycles. The number of aryl methyl sites for hydroxylation is 1. The average Bonchev–Trinajstić information content (AvgIpc) is 3.27. The highest BCUT2D eigenvalue weighted by molar-refractivity contribution is 5.94. The summed E-state index contributed by atoms with van der Waals surface area (Å²) in [5, 5.41) is 14.3. The molecule has 0 saturated heterocycles. The maximum absolute atomic E-state index is 10.9. The number of benzene rings is 2. The molecule has 178 valence electrons. The molecule has 1 atom stereocenters. The lowest BCUT2D eigenvalue weighted by Crippen LogP contribution is -2.14. The SMILES string of the molecule is CCCc1c(OCCCCOC2C=C(CC(=O)O)C=CC2)ccc2c(-c3ccccc3)noc12. The van der Waals surface area contributed by atoms with E-state index in [4.69, 9.17) is 19.1 Å². The summed E-state index contributed by atoms with van der Waals surface area (Å²) in [5.74, 6) is 0.0284. The Labute approximate surface area is 199 Å². The third-order valence-electron chi connectivity index (χ3n) is 5.83. The number of ether oxygens (including phenoxy) is 2. The first-order valence-electron chi connectivity index (χ1n) is 12.0. The van der Waals surface area contributed by atoms with Crippen LogP contribution >= 0.6 is 0 Å². The van der Waals surface area contributed by atoms with Crippen molar-refractivity contribution < 1.29 is 23.9 Å². The van der Waals surface area contributed by atoms with Crippen LogP contribution in [0.4, 0.5) is 0 Å². The number of aromatic nitrogens is 1. The minimum Gasteiger partial charge on any atom is -0.493 e. The van der Waals surface area contributed by atoms with E-state index in [2.05, 4.69) is 12.1 Å². The van der Waals surface area contributed by atoms with Crippen molar-refractivity contribution in [3.05, 3.63) is 71.8 Å². The summed E-state index contributed by atoms with van der Waals surface area (Å²) in [6.07, 6.45) is 10.1. The fourth-order valence-corrected chi connectivity index (χ4v) is 4.21. The van der Waals surface area contributed by atoms with Gasteiger partial charge in [0.05, 0.1) is 24.5 Å². The molecule has 0 bridgehead atoms. The molecule has 0 amide bonds. The van der Waals surface area contributed by atoms with Gasteiger partial charge in [-0.05, 0) is 43.4 Å². The molecule has 0 radical (unpaired) electrons. The van der Waals surface area contributed by atoms with E-state index >= 15 is 0 Å². The molecule has 1 N–H and O–H groups in total. The van der Waals surface area contributed by atoms with Gasteiger partial charge in [0.25, 0.3) is 0 Å². The van der Waals surface area contributed by atoms with E-state index in [9.17, 15) is 4.79 Å². The smallest absolute Gasteiger partial charge is 0.307 e. The van der Waals surface area contributed by atoms with E-state index in [-0.39, 0.29) is 12.5 Å². The van der Waals surface area contributed by atoms with Crippen LogP contribution in [0.1, 0.15) is 44.6 Å². The number of carboxylic acids is 1. The molecule has 0 fully saturated rings. The fraction of sp³-hybridized carbons (Fsp3) is 0.357. The van der Waals surface area contributed by atoms with Gasteiger partial charge in [-0.25, -0.2) is 0 Å². The van der Waals surface area contributed by atoms with E-state index in [1.807, 2.05) is 60.7 Å². The normalized spacial score (nSPS) is 15.4. The van der Waals surface area contributed by atoms with Crippen LogP contribution in [0, 0.1) is 0 Å². The van der Waals surface area contributed by atoms with E-state index in [0.29, 0.717) is 13.2 Å². The predicted octanol–water partition coefficient (Wildman–Crippen LogP) is 6.35. The zero-order valence-electron chi connectivity index (χ0n) is 19.5. The molecule has 1 aliphatic carbocycles. The first-order valence-corrected chi connectivity index (χ1v) is 12.0. The van der Waals surface area contributed by atoms with Gasteiger partial charge in [0.2, 0.25) is 0 Å². The van der Waals surface area contributed by atoms with Gasteiger partial charge in [0, 0.05) is 17.7 Å². The third-order valence-corrected chi connectivity index (χ3v) is 5.83. The Hall–Kier alpha value is -3.38. The highest BCUT2D eigenvalue weighted by atomic mass is 16.5. The van der Waals surface area contributed by atoms with Gasteiger partial charge >= 0.3 is 5.97 Å². The Morgan fingerprint density at radius 2 is 1.97 bits per heavy atom. The van der Waals surface area contributed by atoms with Crippen LogP contribution in [0.15, 0.2) is 70.8 Å². The first kappa shape index (κ1) is 23.8. The molecule has 1 aliphatic rings. The molecule has 1 heterocycles. The largest absolute Gasteiger partial charge is 0.493 e. The number of fused-ring (bicyclic) bond motifs is 1. The van der Waals surface area contributed by atoms with E-state index in [1.54, 1.807) is 0 Å². The molecule has 2 aromatic carbocycles. The molecule has 6 heteroatoms. The molecule has 3 aromatic rings. The number of carbonyl (C=O) groups is 1. The van der Waals surface area contributed by atoms with E-state index < -0.39 is 5.97 Å². The molecule has 34 heavy (non-hydrogen) atoms. The Morgan fingerprint density at radius 1 is 1.15 bits per heavy atom. The lowest BCUT2D eigenvalue weighted by atomic mass is 10.0. The molecule has 0 saturated carbocycles. The summed E-state index contributed by atoms with van der Waals surface area (Å²) in [6.45, 7) is 3.35. The standard InChI is InChI=1S/C28H31NO5/c1-2-9-23-25(15-14-24-27(29-34-28(23)24)21-11-4-3-5-12-21)33-17-7-6-16-32-22-13-8-10-20(18-22)19-26(30)31/h3-5,8,10-12,14-15,18,22H,2,6-7,9,13,16-17,19H2,1H3,(H,30,31). The van der Waals surface area contributed by atoms with E-state index in [0.717, 1.165) is 71.2 Å². The van der Waals surface area contributed by atoms with Crippen molar-refractivity contribution in [1.29, 1.82) is 0 Å². The number of unbranched alkanes of at least 4 members (excludes halogenated alkanes) is 1. The van der Waals surface area contributed by atoms with Crippen LogP contribution in [-0.2, 0) is 16.0 Å². The number of allylic oxidation sites excluding steroid dienone is 1. The number of hydrogen-bond acceptors (Lipinski definition) is 5. The summed E-state index contributed by atoms with van der Waals surface area (Å²) in [7, 11) is 0. The first-order chi connectivity index (χ1) is 16.7. The zero-order valence-corrected chi connectivity index (χ0v) is 19.5. The topological polar surface area (TPSA) is 81.8 Å². The van der Waals surface area contributed by atoms with Gasteiger partial charge in [0.1, 0.15) is 11.4 Å². The Balaban J connectivity index is 1.31. The minimum absolute atomic E-state index is 0.0344. The monoisotopic (exact) mass is 461 g/mol. The van der Waals surface area contributed by atoms with Gasteiger partial charge in [-0.1, -0.05) is 67.1 Å². The molecule has 1 unspecified atom stereocenters. The van der Waals surface area contributed by atoms with Crippen molar-refractivity contribution in [2.24, 2.45) is 0 Å². The van der Waals surface area contributed by atoms with Crippen LogP contribution in [0.2, 0.25) is 0 Å².